The van der Waals surface area contributed by atoms with Gasteiger partial charge in [-0.05, 0) is 100 Å². The molecule has 0 heterocycles. The molecule has 0 bridgehead atoms. The number of hydrogen-bond acceptors (Lipinski definition) is 4. The third kappa shape index (κ3) is 6.32. The van der Waals surface area contributed by atoms with Crippen molar-refractivity contribution in [2.24, 2.45) is 29.1 Å². The maximum Gasteiger partial charge on any atom is 0.310 e. The second-order valence-corrected chi connectivity index (χ2v) is 13.3. The van der Waals surface area contributed by atoms with Crippen LogP contribution >= 0.6 is 0 Å². The van der Waals surface area contributed by atoms with Gasteiger partial charge in [0.05, 0.1) is 12.3 Å². The molecule has 5 rings (SSSR count). The molecule has 0 spiro atoms. The fourth-order valence-electron chi connectivity index (χ4n) is 9.21. The summed E-state index contributed by atoms with van der Waals surface area (Å²) in [6, 6.07) is 0. The quantitative estimate of drug-likeness (QED) is 0.330. The first-order valence-electron chi connectivity index (χ1n) is 16.0. The number of rotatable bonds is 7. The Morgan fingerprint density at radius 2 is 1.25 bits per heavy atom. The van der Waals surface area contributed by atoms with Gasteiger partial charge in [0.2, 0.25) is 0 Å². The van der Waals surface area contributed by atoms with Gasteiger partial charge in [0.1, 0.15) is 12.2 Å². The highest BCUT2D eigenvalue weighted by Crippen LogP contribution is 2.52. The number of carbonyl (C=O) groups excluding carboxylic acids is 2. The predicted octanol–water partition coefficient (Wildman–Crippen LogP) is 8.30. The van der Waals surface area contributed by atoms with Crippen LogP contribution in [0.4, 0.5) is 0 Å². The minimum absolute atomic E-state index is 0.0144. The van der Waals surface area contributed by atoms with Gasteiger partial charge in [-0.1, -0.05) is 64.2 Å². The summed E-state index contributed by atoms with van der Waals surface area (Å²) in [5.41, 5.74) is -0.260. The van der Waals surface area contributed by atoms with Crippen LogP contribution in [0.2, 0.25) is 0 Å². The van der Waals surface area contributed by atoms with Crippen LogP contribution in [-0.4, -0.2) is 24.1 Å². The van der Waals surface area contributed by atoms with Crippen LogP contribution in [0, 0.1) is 29.1 Å². The van der Waals surface area contributed by atoms with Crippen molar-refractivity contribution in [3.8, 4) is 0 Å². The Balaban J connectivity index is 1.33. The normalized spacial score (nSPS) is 32.7. The van der Waals surface area contributed by atoms with Crippen molar-refractivity contribution in [2.75, 3.05) is 0 Å². The molecule has 0 N–H and O–H groups in total. The van der Waals surface area contributed by atoms with E-state index in [1.807, 2.05) is 0 Å². The molecule has 4 heteroatoms. The Kier molecular flexibility index (Phi) is 9.33. The van der Waals surface area contributed by atoms with Crippen LogP contribution in [-0.2, 0) is 19.1 Å². The first kappa shape index (κ1) is 26.5. The van der Waals surface area contributed by atoms with E-state index in [4.69, 9.17) is 9.47 Å². The van der Waals surface area contributed by atoms with Crippen LogP contribution in [0.3, 0.4) is 0 Å². The van der Waals surface area contributed by atoms with Crippen LogP contribution in [0.5, 0.6) is 0 Å². The van der Waals surface area contributed by atoms with Crippen molar-refractivity contribution < 1.29 is 19.1 Å². The van der Waals surface area contributed by atoms with Gasteiger partial charge in [-0.15, -0.1) is 0 Å². The van der Waals surface area contributed by atoms with E-state index in [2.05, 4.69) is 0 Å². The highest BCUT2D eigenvalue weighted by molar-refractivity contribution is 5.77. The Morgan fingerprint density at radius 3 is 2.00 bits per heavy atom. The van der Waals surface area contributed by atoms with Crippen molar-refractivity contribution in [1.29, 1.82) is 0 Å². The fourth-order valence-corrected chi connectivity index (χ4v) is 9.21. The van der Waals surface area contributed by atoms with Gasteiger partial charge in [0.25, 0.3) is 0 Å². The molecule has 0 aliphatic heterocycles. The van der Waals surface area contributed by atoms with E-state index in [9.17, 15) is 9.59 Å². The molecular weight excluding hydrogens is 448 g/mol. The summed E-state index contributed by atoms with van der Waals surface area (Å²) >= 11 is 0. The minimum Gasteiger partial charge on any atom is -0.462 e. The standard InChI is InChI=1S/C32H52O4/c33-29(36-28-20-12-16-24-13-8-9-19-27(24)28)23-32(21-10-3-11-22-32)30(25-14-4-1-5-15-25)31(34)35-26-17-6-2-7-18-26/h24-28,30H,1-23H2. The van der Waals surface area contributed by atoms with E-state index < -0.39 is 0 Å². The van der Waals surface area contributed by atoms with Gasteiger partial charge in [-0.2, -0.15) is 0 Å². The molecule has 4 nitrogen and oxygen atoms in total. The smallest absolute Gasteiger partial charge is 0.310 e. The van der Waals surface area contributed by atoms with Crippen molar-refractivity contribution in [3.63, 3.8) is 0 Å². The number of fused-ring (bicyclic) bond motifs is 1. The average Bonchev–Trinajstić information content (AvgIpc) is 2.90. The fraction of sp³-hybridized carbons (Fsp3) is 0.938. The van der Waals surface area contributed by atoms with Crippen LogP contribution in [0.15, 0.2) is 0 Å². The van der Waals surface area contributed by atoms with E-state index in [0.717, 1.165) is 63.7 Å². The monoisotopic (exact) mass is 500 g/mol. The molecule has 5 aliphatic carbocycles. The van der Waals surface area contributed by atoms with Gasteiger partial charge >= 0.3 is 11.9 Å². The van der Waals surface area contributed by atoms with E-state index >= 15 is 0 Å². The highest BCUT2D eigenvalue weighted by Gasteiger charge is 2.50. The molecule has 4 unspecified atom stereocenters. The van der Waals surface area contributed by atoms with E-state index in [1.54, 1.807) is 0 Å². The molecule has 0 amide bonds. The second kappa shape index (κ2) is 12.7. The number of carbonyl (C=O) groups is 2. The first-order valence-corrected chi connectivity index (χ1v) is 16.0. The lowest BCUT2D eigenvalue weighted by Gasteiger charge is -2.47. The van der Waals surface area contributed by atoms with Crippen LogP contribution in [0.1, 0.15) is 148 Å². The van der Waals surface area contributed by atoms with Crippen molar-refractivity contribution in [2.45, 2.75) is 160 Å². The van der Waals surface area contributed by atoms with E-state index in [1.165, 1.54) is 83.5 Å². The average molecular weight is 501 g/mol. The Labute approximate surface area is 220 Å². The zero-order valence-corrected chi connectivity index (χ0v) is 22.9. The Morgan fingerprint density at radius 1 is 0.639 bits per heavy atom. The number of hydrogen-bond donors (Lipinski definition) is 0. The molecule has 36 heavy (non-hydrogen) atoms. The lowest BCUT2D eigenvalue weighted by Crippen LogP contribution is -2.46. The van der Waals surface area contributed by atoms with Gasteiger partial charge in [-0.25, -0.2) is 0 Å². The predicted molar refractivity (Wildman–Crippen MR) is 142 cm³/mol. The number of esters is 2. The zero-order valence-electron chi connectivity index (χ0n) is 22.9. The molecule has 0 aromatic heterocycles. The third-order valence-electron chi connectivity index (χ3n) is 11.0. The first-order chi connectivity index (χ1) is 17.6. The van der Waals surface area contributed by atoms with E-state index in [0.29, 0.717) is 18.3 Å². The molecule has 0 radical (unpaired) electrons. The van der Waals surface area contributed by atoms with Crippen molar-refractivity contribution in [3.05, 3.63) is 0 Å². The molecule has 5 saturated carbocycles. The molecule has 5 aliphatic rings. The molecule has 4 atom stereocenters. The lowest BCUT2D eigenvalue weighted by atomic mass is 9.58. The zero-order chi connectivity index (χ0) is 24.8. The van der Waals surface area contributed by atoms with E-state index in [-0.39, 0.29) is 35.5 Å². The minimum atomic E-state index is -0.260. The SMILES string of the molecule is O=C(CC1(C(C(=O)OC2CCCCC2)C2CCCCC2)CCCCC1)OC1CCCC2CCCCC21. The van der Waals surface area contributed by atoms with Crippen molar-refractivity contribution in [1.82, 2.24) is 0 Å². The molecule has 0 saturated heterocycles. The maximum absolute atomic E-state index is 14.0. The van der Waals surface area contributed by atoms with Gasteiger partial charge in [-0.3, -0.25) is 9.59 Å². The van der Waals surface area contributed by atoms with Crippen LogP contribution in [0.25, 0.3) is 0 Å². The molecule has 5 fully saturated rings. The molecule has 0 aromatic rings. The summed E-state index contributed by atoms with van der Waals surface area (Å²) in [6.45, 7) is 0. The summed E-state index contributed by atoms with van der Waals surface area (Å²) in [6.07, 6.45) is 26.4. The van der Waals surface area contributed by atoms with Crippen molar-refractivity contribution >= 4 is 11.9 Å². The number of ether oxygens (including phenoxy) is 2. The lowest BCUT2D eigenvalue weighted by molar-refractivity contribution is -0.172. The highest BCUT2D eigenvalue weighted by atomic mass is 16.5. The summed E-state index contributed by atoms with van der Waals surface area (Å²) in [5.74, 6) is 1.60. The summed E-state index contributed by atoms with van der Waals surface area (Å²) in [4.78, 5) is 27.7. The molecular formula is C32H52O4. The molecule has 0 aromatic carbocycles. The topological polar surface area (TPSA) is 52.6 Å². The summed E-state index contributed by atoms with van der Waals surface area (Å²) in [7, 11) is 0. The second-order valence-electron chi connectivity index (χ2n) is 13.3. The van der Waals surface area contributed by atoms with Crippen LogP contribution < -0.4 is 0 Å². The summed E-state index contributed by atoms with van der Waals surface area (Å²) in [5, 5.41) is 0. The Hall–Kier alpha value is -1.06. The van der Waals surface area contributed by atoms with Gasteiger partial charge in [0, 0.05) is 0 Å². The van der Waals surface area contributed by atoms with Gasteiger partial charge in [0.15, 0.2) is 0 Å². The summed E-state index contributed by atoms with van der Waals surface area (Å²) < 4.78 is 12.7. The largest absolute Gasteiger partial charge is 0.462 e. The Bertz CT molecular complexity index is 712. The third-order valence-corrected chi connectivity index (χ3v) is 11.0. The maximum atomic E-state index is 14.0. The molecule has 204 valence electrons. The van der Waals surface area contributed by atoms with Gasteiger partial charge < -0.3 is 9.47 Å².